The number of halogens is 1. The quantitative estimate of drug-likeness (QED) is 0.878. The fraction of sp³-hybridized carbons (Fsp3) is 0.167. The second-order valence-corrected chi connectivity index (χ2v) is 4.33. The second-order valence-electron chi connectivity index (χ2n) is 3.93. The van der Waals surface area contributed by atoms with E-state index < -0.39 is 5.91 Å². The molecule has 1 amide bonds. The van der Waals surface area contributed by atoms with E-state index in [9.17, 15) is 9.90 Å². The van der Waals surface area contributed by atoms with E-state index >= 15 is 0 Å². The molecule has 98 valence electrons. The number of nitrogens with one attached hydrogen (secondary N) is 1. The van der Waals surface area contributed by atoms with Gasteiger partial charge in [-0.2, -0.15) is 5.10 Å². The van der Waals surface area contributed by atoms with Crippen LogP contribution < -0.4 is 5.32 Å². The maximum atomic E-state index is 11.9. The average Bonchev–Trinajstić information content (AvgIpc) is 2.37. The van der Waals surface area contributed by atoms with Crippen molar-refractivity contribution >= 4 is 23.5 Å². The van der Waals surface area contributed by atoms with Gasteiger partial charge in [-0.1, -0.05) is 11.6 Å². The summed E-state index contributed by atoms with van der Waals surface area (Å²) in [6, 6.07) is 4.16. The van der Waals surface area contributed by atoms with Crippen molar-refractivity contribution in [1.82, 2.24) is 15.2 Å². The lowest BCUT2D eigenvalue weighted by molar-refractivity contribution is 0.102. The smallest absolute Gasteiger partial charge is 0.258 e. The number of amides is 1. The van der Waals surface area contributed by atoms with Gasteiger partial charge in [0.1, 0.15) is 5.75 Å². The van der Waals surface area contributed by atoms with Gasteiger partial charge in [0.2, 0.25) is 5.95 Å². The van der Waals surface area contributed by atoms with Gasteiger partial charge in [-0.15, -0.1) is 5.10 Å². The van der Waals surface area contributed by atoms with Crippen molar-refractivity contribution in [3.63, 3.8) is 0 Å². The minimum Gasteiger partial charge on any atom is -0.506 e. The molecule has 0 spiro atoms. The molecule has 0 saturated heterocycles. The molecule has 1 heterocycles. The van der Waals surface area contributed by atoms with Gasteiger partial charge in [0.25, 0.3) is 5.91 Å². The van der Waals surface area contributed by atoms with E-state index in [1.165, 1.54) is 18.2 Å². The molecule has 19 heavy (non-hydrogen) atoms. The van der Waals surface area contributed by atoms with Crippen LogP contribution in [0.3, 0.4) is 0 Å². The predicted molar refractivity (Wildman–Crippen MR) is 70.4 cm³/mol. The van der Waals surface area contributed by atoms with Crippen LogP contribution in [0.4, 0.5) is 5.95 Å². The molecule has 0 fully saturated rings. The third-order valence-electron chi connectivity index (χ3n) is 2.53. The van der Waals surface area contributed by atoms with Crippen LogP contribution in [-0.4, -0.2) is 26.2 Å². The van der Waals surface area contributed by atoms with Crippen molar-refractivity contribution in [3.05, 3.63) is 40.2 Å². The first-order valence-corrected chi connectivity index (χ1v) is 5.83. The van der Waals surface area contributed by atoms with E-state index in [0.717, 1.165) is 0 Å². The number of rotatable bonds is 2. The topological polar surface area (TPSA) is 88.0 Å². The SMILES string of the molecule is Cc1nnc(NC(=O)c2ccc(O)c(Cl)c2)nc1C. The first-order valence-electron chi connectivity index (χ1n) is 5.45. The van der Waals surface area contributed by atoms with Gasteiger partial charge in [0.05, 0.1) is 16.4 Å². The molecule has 0 aliphatic heterocycles. The third-order valence-corrected chi connectivity index (χ3v) is 2.83. The molecular formula is C12H11ClN4O2. The van der Waals surface area contributed by atoms with Crippen LogP contribution >= 0.6 is 11.6 Å². The second kappa shape index (κ2) is 5.19. The number of phenols is 1. The third kappa shape index (κ3) is 2.97. The summed E-state index contributed by atoms with van der Waals surface area (Å²) in [7, 11) is 0. The Morgan fingerprint density at radius 2 is 2.00 bits per heavy atom. The number of benzene rings is 1. The Kier molecular flexibility index (Phi) is 3.62. The van der Waals surface area contributed by atoms with Gasteiger partial charge < -0.3 is 5.11 Å². The summed E-state index contributed by atoms with van der Waals surface area (Å²) in [6.45, 7) is 3.55. The molecule has 0 saturated carbocycles. The molecule has 0 aliphatic rings. The Morgan fingerprint density at radius 1 is 1.26 bits per heavy atom. The molecule has 0 bridgehead atoms. The summed E-state index contributed by atoms with van der Waals surface area (Å²) >= 11 is 5.73. The number of hydrogen-bond donors (Lipinski definition) is 2. The van der Waals surface area contributed by atoms with Crippen molar-refractivity contribution in [1.29, 1.82) is 0 Å². The van der Waals surface area contributed by atoms with Crippen LogP contribution in [0.5, 0.6) is 5.75 Å². The van der Waals surface area contributed by atoms with E-state index in [4.69, 9.17) is 11.6 Å². The Labute approximate surface area is 114 Å². The predicted octanol–water partition coefficient (Wildman–Crippen LogP) is 2.10. The van der Waals surface area contributed by atoms with E-state index in [-0.39, 0.29) is 16.7 Å². The number of aryl methyl sites for hydroxylation is 2. The number of hydrogen-bond acceptors (Lipinski definition) is 5. The van der Waals surface area contributed by atoms with Crippen molar-refractivity contribution in [2.45, 2.75) is 13.8 Å². The summed E-state index contributed by atoms with van der Waals surface area (Å²) < 4.78 is 0. The minimum absolute atomic E-state index is 0.0812. The van der Waals surface area contributed by atoms with E-state index in [0.29, 0.717) is 17.0 Å². The van der Waals surface area contributed by atoms with E-state index in [1.807, 2.05) is 0 Å². The van der Waals surface area contributed by atoms with Crippen molar-refractivity contribution in [2.75, 3.05) is 5.32 Å². The zero-order chi connectivity index (χ0) is 14.0. The van der Waals surface area contributed by atoms with Crippen LogP contribution in [0, 0.1) is 13.8 Å². The first kappa shape index (κ1) is 13.2. The molecule has 1 aromatic carbocycles. The fourth-order valence-corrected chi connectivity index (χ4v) is 1.51. The highest BCUT2D eigenvalue weighted by Gasteiger charge is 2.11. The molecule has 1 aromatic heterocycles. The normalized spacial score (nSPS) is 10.3. The lowest BCUT2D eigenvalue weighted by Gasteiger charge is -2.05. The molecule has 2 aromatic rings. The van der Waals surface area contributed by atoms with Crippen LogP contribution in [0.15, 0.2) is 18.2 Å². The number of aromatic nitrogens is 3. The molecule has 2 rings (SSSR count). The summed E-state index contributed by atoms with van der Waals surface area (Å²) in [5.41, 5.74) is 1.68. The molecular weight excluding hydrogens is 268 g/mol. The van der Waals surface area contributed by atoms with Gasteiger partial charge in [-0.05, 0) is 32.0 Å². The van der Waals surface area contributed by atoms with Crippen LogP contribution in [0.2, 0.25) is 5.02 Å². The van der Waals surface area contributed by atoms with Gasteiger partial charge >= 0.3 is 0 Å². The van der Waals surface area contributed by atoms with Gasteiger partial charge in [0, 0.05) is 5.56 Å². The van der Waals surface area contributed by atoms with Crippen LogP contribution in [0.1, 0.15) is 21.7 Å². The number of phenolic OH excluding ortho intramolecular Hbond substituents is 1. The molecule has 6 nitrogen and oxygen atoms in total. The van der Waals surface area contributed by atoms with Crippen LogP contribution in [0.25, 0.3) is 0 Å². The molecule has 0 unspecified atom stereocenters. The number of nitrogens with zero attached hydrogens (tertiary/aromatic N) is 3. The zero-order valence-corrected chi connectivity index (χ0v) is 11.1. The number of carbonyl (C=O) groups is 1. The average molecular weight is 279 g/mol. The summed E-state index contributed by atoms with van der Waals surface area (Å²) in [5.74, 6) is -0.383. The summed E-state index contributed by atoms with van der Waals surface area (Å²) in [4.78, 5) is 16.0. The van der Waals surface area contributed by atoms with Crippen molar-refractivity contribution in [3.8, 4) is 5.75 Å². The highest BCUT2D eigenvalue weighted by atomic mass is 35.5. The number of carbonyl (C=O) groups excluding carboxylic acids is 1. The lowest BCUT2D eigenvalue weighted by Crippen LogP contribution is -2.15. The Balaban J connectivity index is 2.20. The van der Waals surface area contributed by atoms with Crippen molar-refractivity contribution in [2.24, 2.45) is 0 Å². The Morgan fingerprint density at radius 3 is 2.63 bits per heavy atom. The maximum Gasteiger partial charge on any atom is 0.258 e. The van der Waals surface area contributed by atoms with Gasteiger partial charge in [0.15, 0.2) is 0 Å². The molecule has 0 atom stereocenters. The standard InChI is InChI=1S/C12H11ClN4O2/c1-6-7(2)16-17-12(14-6)15-11(19)8-3-4-10(18)9(13)5-8/h3-5,18H,1-2H3,(H,14,15,17,19). The van der Waals surface area contributed by atoms with Crippen LogP contribution in [-0.2, 0) is 0 Å². The fourth-order valence-electron chi connectivity index (χ4n) is 1.33. The molecule has 0 radical (unpaired) electrons. The number of anilines is 1. The lowest BCUT2D eigenvalue weighted by atomic mass is 10.2. The maximum absolute atomic E-state index is 11.9. The highest BCUT2D eigenvalue weighted by molar-refractivity contribution is 6.32. The van der Waals surface area contributed by atoms with Gasteiger partial charge in [-0.25, -0.2) is 4.98 Å². The molecule has 0 aliphatic carbocycles. The first-order chi connectivity index (χ1) is 8.97. The van der Waals surface area contributed by atoms with E-state index in [1.54, 1.807) is 13.8 Å². The molecule has 2 N–H and O–H groups in total. The summed E-state index contributed by atoms with van der Waals surface area (Å²) in [5, 5.41) is 19.5. The molecule has 7 heteroatoms. The Bertz CT molecular complexity index is 646. The van der Waals surface area contributed by atoms with E-state index in [2.05, 4.69) is 20.5 Å². The monoisotopic (exact) mass is 278 g/mol. The van der Waals surface area contributed by atoms with Crippen molar-refractivity contribution < 1.29 is 9.90 Å². The zero-order valence-electron chi connectivity index (χ0n) is 10.3. The highest BCUT2D eigenvalue weighted by Crippen LogP contribution is 2.23. The van der Waals surface area contributed by atoms with Gasteiger partial charge in [-0.3, -0.25) is 10.1 Å². The Hall–Kier alpha value is -2.21. The largest absolute Gasteiger partial charge is 0.506 e. The number of aromatic hydroxyl groups is 1. The minimum atomic E-state index is -0.424. The summed E-state index contributed by atoms with van der Waals surface area (Å²) in [6.07, 6.45) is 0.